The molecule has 2 aromatic carbocycles. The monoisotopic (exact) mass is 301 g/mol. The summed E-state index contributed by atoms with van der Waals surface area (Å²) in [6, 6.07) is 16.0. The summed E-state index contributed by atoms with van der Waals surface area (Å²) in [5.74, 6) is 1.54. The zero-order chi connectivity index (χ0) is 15.6. The van der Waals surface area contributed by atoms with Gasteiger partial charge in [0.1, 0.15) is 6.61 Å². The third kappa shape index (κ3) is 4.76. The van der Waals surface area contributed by atoms with Crippen molar-refractivity contribution in [2.45, 2.75) is 13.2 Å². The van der Waals surface area contributed by atoms with Gasteiger partial charge in [-0.25, -0.2) is 0 Å². The summed E-state index contributed by atoms with van der Waals surface area (Å²) in [7, 11) is 3.36. The van der Waals surface area contributed by atoms with Crippen molar-refractivity contribution in [3.05, 3.63) is 59.7 Å². The molecular formula is C18H23NO3. The van der Waals surface area contributed by atoms with Crippen molar-refractivity contribution in [2.75, 3.05) is 27.4 Å². The summed E-state index contributed by atoms with van der Waals surface area (Å²) in [6.45, 7) is 2.72. The fraction of sp³-hybridized carbons (Fsp3) is 0.333. The Morgan fingerprint density at radius 2 is 1.77 bits per heavy atom. The lowest BCUT2D eigenvalue weighted by Gasteiger charge is -2.15. The van der Waals surface area contributed by atoms with Crippen LogP contribution in [-0.4, -0.2) is 27.4 Å². The molecule has 0 atom stereocenters. The number of nitrogens with one attached hydrogen (secondary N) is 1. The van der Waals surface area contributed by atoms with Gasteiger partial charge in [0.05, 0.1) is 13.7 Å². The molecule has 0 bridgehead atoms. The molecule has 0 spiro atoms. The lowest BCUT2D eigenvalue weighted by molar-refractivity contribution is 0.199. The Hall–Kier alpha value is -2.04. The molecule has 0 saturated carbocycles. The predicted octanol–water partition coefficient (Wildman–Crippen LogP) is 3.01. The zero-order valence-corrected chi connectivity index (χ0v) is 13.2. The van der Waals surface area contributed by atoms with Gasteiger partial charge in [-0.15, -0.1) is 0 Å². The average molecular weight is 301 g/mol. The summed E-state index contributed by atoms with van der Waals surface area (Å²) < 4.78 is 16.5. The second-order valence-electron chi connectivity index (χ2n) is 4.89. The van der Waals surface area contributed by atoms with Crippen LogP contribution in [0.4, 0.5) is 0 Å². The van der Waals surface area contributed by atoms with Gasteiger partial charge in [0, 0.05) is 25.8 Å². The van der Waals surface area contributed by atoms with E-state index < -0.39 is 0 Å². The Labute approximate surface area is 132 Å². The minimum atomic E-state index is 0.520. The number of methoxy groups -OCH3 is 2. The van der Waals surface area contributed by atoms with Crippen molar-refractivity contribution in [3.63, 3.8) is 0 Å². The molecule has 2 aromatic rings. The number of hydrogen-bond donors (Lipinski definition) is 1. The van der Waals surface area contributed by atoms with Gasteiger partial charge in [-0.05, 0) is 11.6 Å². The molecule has 1 N–H and O–H groups in total. The van der Waals surface area contributed by atoms with Gasteiger partial charge in [-0.3, -0.25) is 0 Å². The SMILES string of the molecule is COCCNCc1cccc(OC)c1OCc1ccccc1. The molecule has 2 rings (SSSR count). The topological polar surface area (TPSA) is 39.7 Å². The first-order chi connectivity index (χ1) is 10.8. The van der Waals surface area contributed by atoms with E-state index in [-0.39, 0.29) is 0 Å². The molecule has 118 valence electrons. The van der Waals surface area contributed by atoms with E-state index in [2.05, 4.69) is 5.32 Å². The predicted molar refractivity (Wildman–Crippen MR) is 87.4 cm³/mol. The standard InChI is InChI=1S/C18H23NO3/c1-20-12-11-19-13-16-9-6-10-17(21-2)18(16)22-14-15-7-4-3-5-8-15/h3-10,19H,11-14H2,1-2H3. The molecule has 0 fully saturated rings. The van der Waals surface area contributed by atoms with E-state index in [9.17, 15) is 0 Å². The van der Waals surface area contributed by atoms with Crippen LogP contribution < -0.4 is 14.8 Å². The largest absolute Gasteiger partial charge is 0.493 e. The first-order valence-electron chi connectivity index (χ1n) is 7.37. The molecule has 0 aliphatic carbocycles. The fourth-order valence-electron chi connectivity index (χ4n) is 2.15. The molecular weight excluding hydrogens is 278 g/mol. The number of rotatable bonds is 9. The van der Waals surface area contributed by atoms with E-state index >= 15 is 0 Å². The van der Waals surface area contributed by atoms with Crippen molar-refractivity contribution in [3.8, 4) is 11.5 Å². The molecule has 0 saturated heterocycles. The number of hydrogen-bond acceptors (Lipinski definition) is 4. The first-order valence-corrected chi connectivity index (χ1v) is 7.37. The van der Waals surface area contributed by atoms with Crippen LogP contribution in [-0.2, 0) is 17.9 Å². The Morgan fingerprint density at radius 1 is 0.955 bits per heavy atom. The first kappa shape index (κ1) is 16.3. The summed E-state index contributed by atoms with van der Waals surface area (Å²) in [5.41, 5.74) is 2.21. The fourth-order valence-corrected chi connectivity index (χ4v) is 2.15. The molecule has 0 aliphatic rings. The molecule has 0 unspecified atom stereocenters. The van der Waals surface area contributed by atoms with Crippen LogP contribution in [0.3, 0.4) is 0 Å². The Bertz CT molecular complexity index is 558. The summed E-state index contributed by atoms with van der Waals surface area (Å²) in [4.78, 5) is 0. The molecule has 0 aliphatic heterocycles. The smallest absolute Gasteiger partial charge is 0.166 e. The van der Waals surface area contributed by atoms with Gasteiger partial charge in [-0.1, -0.05) is 42.5 Å². The van der Waals surface area contributed by atoms with Crippen molar-refractivity contribution >= 4 is 0 Å². The van der Waals surface area contributed by atoms with E-state index in [0.29, 0.717) is 19.8 Å². The van der Waals surface area contributed by atoms with Crippen LogP contribution in [0.1, 0.15) is 11.1 Å². The van der Waals surface area contributed by atoms with E-state index in [1.165, 1.54) is 0 Å². The van der Waals surface area contributed by atoms with Crippen LogP contribution in [0.25, 0.3) is 0 Å². The molecule has 4 heteroatoms. The minimum Gasteiger partial charge on any atom is -0.493 e. The van der Waals surface area contributed by atoms with Gasteiger partial charge in [0.2, 0.25) is 0 Å². The lowest BCUT2D eigenvalue weighted by Crippen LogP contribution is -2.19. The molecule has 0 amide bonds. The second-order valence-corrected chi connectivity index (χ2v) is 4.89. The van der Waals surface area contributed by atoms with Crippen molar-refractivity contribution in [1.29, 1.82) is 0 Å². The van der Waals surface area contributed by atoms with Crippen LogP contribution in [0, 0.1) is 0 Å². The summed E-state index contributed by atoms with van der Waals surface area (Å²) in [5, 5.41) is 3.33. The van der Waals surface area contributed by atoms with E-state index in [1.54, 1.807) is 14.2 Å². The maximum Gasteiger partial charge on any atom is 0.166 e. The van der Waals surface area contributed by atoms with Crippen LogP contribution >= 0.6 is 0 Å². The summed E-state index contributed by atoms with van der Waals surface area (Å²) in [6.07, 6.45) is 0. The minimum absolute atomic E-state index is 0.520. The Kier molecular flexibility index (Phi) is 6.74. The molecule has 0 heterocycles. The number of benzene rings is 2. The normalized spacial score (nSPS) is 10.5. The third-order valence-corrected chi connectivity index (χ3v) is 3.30. The van der Waals surface area contributed by atoms with Gasteiger partial charge >= 0.3 is 0 Å². The van der Waals surface area contributed by atoms with E-state index in [1.807, 2.05) is 48.5 Å². The quantitative estimate of drug-likeness (QED) is 0.723. The van der Waals surface area contributed by atoms with Crippen LogP contribution in [0.5, 0.6) is 11.5 Å². The highest BCUT2D eigenvalue weighted by Crippen LogP contribution is 2.31. The number of para-hydroxylation sites is 1. The van der Waals surface area contributed by atoms with Crippen molar-refractivity contribution < 1.29 is 14.2 Å². The lowest BCUT2D eigenvalue weighted by atomic mass is 10.1. The highest BCUT2D eigenvalue weighted by molar-refractivity contribution is 5.46. The van der Waals surface area contributed by atoms with Gasteiger partial charge in [-0.2, -0.15) is 0 Å². The van der Waals surface area contributed by atoms with Gasteiger partial charge in [0.25, 0.3) is 0 Å². The molecule has 0 aromatic heterocycles. The molecule has 22 heavy (non-hydrogen) atoms. The second kappa shape index (κ2) is 9.07. The highest BCUT2D eigenvalue weighted by Gasteiger charge is 2.10. The Morgan fingerprint density at radius 3 is 2.50 bits per heavy atom. The third-order valence-electron chi connectivity index (χ3n) is 3.30. The van der Waals surface area contributed by atoms with Crippen molar-refractivity contribution in [2.24, 2.45) is 0 Å². The van der Waals surface area contributed by atoms with Crippen LogP contribution in [0.15, 0.2) is 48.5 Å². The maximum atomic E-state index is 6.01. The molecule has 0 radical (unpaired) electrons. The Balaban J connectivity index is 2.05. The van der Waals surface area contributed by atoms with Gasteiger partial charge < -0.3 is 19.5 Å². The van der Waals surface area contributed by atoms with E-state index in [4.69, 9.17) is 14.2 Å². The maximum absolute atomic E-state index is 6.01. The zero-order valence-electron chi connectivity index (χ0n) is 13.2. The number of ether oxygens (including phenoxy) is 3. The van der Waals surface area contributed by atoms with Crippen LogP contribution in [0.2, 0.25) is 0 Å². The van der Waals surface area contributed by atoms with Gasteiger partial charge in [0.15, 0.2) is 11.5 Å². The van der Waals surface area contributed by atoms with Crippen molar-refractivity contribution in [1.82, 2.24) is 5.32 Å². The highest BCUT2D eigenvalue weighted by atomic mass is 16.5. The van der Waals surface area contributed by atoms with E-state index in [0.717, 1.165) is 29.2 Å². The average Bonchev–Trinajstić information content (AvgIpc) is 2.58. The molecule has 4 nitrogen and oxygen atoms in total. The summed E-state index contributed by atoms with van der Waals surface area (Å²) >= 11 is 0.